The van der Waals surface area contributed by atoms with Crippen molar-refractivity contribution < 1.29 is 4.42 Å². The molecule has 1 aromatic heterocycles. The van der Waals surface area contributed by atoms with Crippen LogP contribution in [0.3, 0.4) is 0 Å². The van der Waals surface area contributed by atoms with Gasteiger partial charge >= 0.3 is 0 Å². The highest BCUT2D eigenvalue weighted by Gasteiger charge is 2.31. The first-order valence-electron chi connectivity index (χ1n) is 9.40. The van der Waals surface area contributed by atoms with Crippen molar-refractivity contribution in [3.8, 4) is 0 Å². The fraction of sp³-hybridized carbons (Fsp3) is 0.737. The lowest BCUT2D eigenvalue weighted by Gasteiger charge is -2.27. The third-order valence-corrected chi connectivity index (χ3v) is 5.18. The van der Waals surface area contributed by atoms with Gasteiger partial charge in [-0.25, -0.2) is 0 Å². The van der Waals surface area contributed by atoms with Crippen LogP contribution in [0.4, 0.5) is 0 Å². The summed E-state index contributed by atoms with van der Waals surface area (Å²) in [4.78, 5) is 9.91. The quantitative estimate of drug-likeness (QED) is 0.413. The maximum atomic E-state index is 5.71. The second kappa shape index (κ2) is 9.26. The van der Waals surface area contributed by atoms with E-state index in [1.807, 2.05) is 6.07 Å². The fourth-order valence-electron chi connectivity index (χ4n) is 3.81. The van der Waals surface area contributed by atoms with E-state index in [0.717, 1.165) is 51.0 Å². The van der Waals surface area contributed by atoms with Gasteiger partial charge in [-0.05, 0) is 56.8 Å². The number of nitrogens with zero attached hydrogens (tertiary/aromatic N) is 3. The van der Waals surface area contributed by atoms with Crippen LogP contribution in [-0.2, 0) is 0 Å². The molecule has 3 rings (SSSR count). The zero-order valence-corrected chi connectivity index (χ0v) is 18.2. The number of hydrogen-bond acceptors (Lipinski definition) is 3. The number of rotatable bonds is 5. The Labute approximate surface area is 169 Å². The van der Waals surface area contributed by atoms with Crippen molar-refractivity contribution in [1.82, 2.24) is 15.1 Å². The van der Waals surface area contributed by atoms with Crippen LogP contribution in [0, 0.1) is 5.41 Å². The molecule has 2 fully saturated rings. The molecule has 2 saturated heterocycles. The van der Waals surface area contributed by atoms with Crippen LogP contribution in [0.5, 0.6) is 0 Å². The van der Waals surface area contributed by atoms with E-state index >= 15 is 0 Å². The van der Waals surface area contributed by atoms with Crippen molar-refractivity contribution >= 4 is 29.9 Å². The van der Waals surface area contributed by atoms with Crippen LogP contribution in [0.1, 0.15) is 51.8 Å². The van der Waals surface area contributed by atoms with E-state index < -0.39 is 0 Å². The molecule has 0 amide bonds. The normalized spacial score (nSPS) is 22.0. The minimum Gasteiger partial charge on any atom is -0.468 e. The Balaban J connectivity index is 0.00000225. The maximum Gasteiger partial charge on any atom is 0.194 e. The highest BCUT2D eigenvalue weighted by atomic mass is 127. The Morgan fingerprint density at radius 1 is 1.32 bits per heavy atom. The first kappa shape index (κ1) is 20.6. The van der Waals surface area contributed by atoms with E-state index in [1.54, 1.807) is 6.26 Å². The molecule has 0 aromatic carbocycles. The van der Waals surface area contributed by atoms with Gasteiger partial charge < -0.3 is 14.6 Å². The standard InChI is InChI=1S/C19H32N4O.HI/c1-4-20-18(23-12-9-19(2,3)15-23)21-14-16(17-8-7-13-24-17)22-10-5-6-11-22;/h7-8,13,16H,4-6,9-12,14-15H2,1-3H3,(H,20,21);1H. The van der Waals surface area contributed by atoms with Crippen LogP contribution in [0.25, 0.3) is 0 Å². The first-order chi connectivity index (χ1) is 11.6. The average molecular weight is 460 g/mol. The Hall–Kier alpha value is -0.760. The minimum atomic E-state index is 0. The molecule has 142 valence electrons. The highest BCUT2D eigenvalue weighted by molar-refractivity contribution is 14.0. The van der Waals surface area contributed by atoms with Crippen molar-refractivity contribution in [3.05, 3.63) is 24.2 Å². The lowest BCUT2D eigenvalue weighted by atomic mass is 9.93. The van der Waals surface area contributed by atoms with Crippen LogP contribution < -0.4 is 5.32 Å². The fourth-order valence-corrected chi connectivity index (χ4v) is 3.81. The molecular formula is C19H33IN4O. The topological polar surface area (TPSA) is 44.0 Å². The highest BCUT2D eigenvalue weighted by Crippen LogP contribution is 2.29. The van der Waals surface area contributed by atoms with Crippen LogP contribution in [0.2, 0.25) is 0 Å². The predicted octanol–water partition coefficient (Wildman–Crippen LogP) is 3.73. The Kier molecular flexibility index (Phi) is 7.61. The van der Waals surface area contributed by atoms with Gasteiger partial charge in [0.1, 0.15) is 5.76 Å². The van der Waals surface area contributed by atoms with Gasteiger partial charge in [-0.1, -0.05) is 13.8 Å². The Morgan fingerprint density at radius 2 is 2.08 bits per heavy atom. The van der Waals surface area contributed by atoms with Gasteiger partial charge in [0.15, 0.2) is 5.96 Å². The smallest absolute Gasteiger partial charge is 0.194 e. The predicted molar refractivity (Wildman–Crippen MR) is 114 cm³/mol. The summed E-state index contributed by atoms with van der Waals surface area (Å²) < 4.78 is 5.71. The Bertz CT molecular complexity index is 538. The van der Waals surface area contributed by atoms with E-state index in [9.17, 15) is 0 Å². The van der Waals surface area contributed by atoms with Crippen molar-refractivity contribution in [3.63, 3.8) is 0 Å². The molecule has 2 aliphatic rings. The van der Waals surface area contributed by atoms with E-state index in [-0.39, 0.29) is 30.0 Å². The van der Waals surface area contributed by atoms with Gasteiger partial charge in [-0.15, -0.1) is 24.0 Å². The number of nitrogens with one attached hydrogen (secondary N) is 1. The van der Waals surface area contributed by atoms with Crippen LogP contribution >= 0.6 is 24.0 Å². The van der Waals surface area contributed by atoms with E-state index in [0.29, 0.717) is 5.41 Å². The van der Waals surface area contributed by atoms with Crippen molar-refractivity contribution in [1.29, 1.82) is 0 Å². The summed E-state index contributed by atoms with van der Waals surface area (Å²) in [6.07, 6.45) is 5.56. The molecule has 2 aliphatic heterocycles. The maximum absolute atomic E-state index is 5.71. The van der Waals surface area contributed by atoms with Crippen molar-refractivity contribution in [2.75, 3.05) is 39.3 Å². The lowest BCUT2D eigenvalue weighted by Crippen LogP contribution is -2.41. The number of halogens is 1. The van der Waals surface area contributed by atoms with Crippen molar-refractivity contribution in [2.45, 2.75) is 46.1 Å². The lowest BCUT2D eigenvalue weighted by molar-refractivity contribution is 0.220. The summed E-state index contributed by atoms with van der Waals surface area (Å²) in [7, 11) is 0. The van der Waals surface area contributed by atoms with Gasteiger partial charge in [-0.2, -0.15) is 0 Å². The van der Waals surface area contributed by atoms with E-state index in [4.69, 9.17) is 9.41 Å². The van der Waals surface area contributed by atoms with Crippen LogP contribution in [0.15, 0.2) is 27.8 Å². The molecular weight excluding hydrogens is 427 g/mol. The monoisotopic (exact) mass is 460 g/mol. The third kappa shape index (κ3) is 5.36. The van der Waals surface area contributed by atoms with Gasteiger partial charge in [0, 0.05) is 19.6 Å². The summed E-state index contributed by atoms with van der Waals surface area (Å²) in [5.74, 6) is 2.09. The molecule has 6 heteroatoms. The molecule has 5 nitrogen and oxygen atoms in total. The molecule has 0 saturated carbocycles. The zero-order chi connectivity index (χ0) is 17.0. The second-order valence-corrected chi connectivity index (χ2v) is 7.80. The van der Waals surface area contributed by atoms with Crippen LogP contribution in [-0.4, -0.2) is 55.0 Å². The first-order valence-corrected chi connectivity index (χ1v) is 9.40. The van der Waals surface area contributed by atoms with Gasteiger partial charge in [0.05, 0.1) is 18.8 Å². The second-order valence-electron chi connectivity index (χ2n) is 7.80. The van der Waals surface area contributed by atoms with Gasteiger partial charge in [-0.3, -0.25) is 9.89 Å². The summed E-state index contributed by atoms with van der Waals surface area (Å²) in [6, 6.07) is 4.33. The number of furan rings is 1. The molecule has 1 atom stereocenters. The molecule has 1 unspecified atom stereocenters. The van der Waals surface area contributed by atoms with E-state index in [1.165, 1.54) is 19.3 Å². The SMILES string of the molecule is CCNC(=NCC(c1ccco1)N1CCCC1)N1CCC(C)(C)C1.I. The molecule has 1 N–H and O–H groups in total. The summed E-state index contributed by atoms with van der Waals surface area (Å²) in [6.45, 7) is 12.9. The van der Waals surface area contributed by atoms with Gasteiger partial charge in [0.2, 0.25) is 0 Å². The molecule has 0 bridgehead atoms. The largest absolute Gasteiger partial charge is 0.468 e. The Morgan fingerprint density at radius 3 is 2.64 bits per heavy atom. The number of likely N-dealkylation sites (tertiary alicyclic amines) is 2. The molecule has 3 heterocycles. The minimum absolute atomic E-state index is 0. The average Bonchev–Trinajstić information content (AvgIpc) is 3.28. The molecule has 0 spiro atoms. The number of guanidine groups is 1. The summed E-state index contributed by atoms with van der Waals surface area (Å²) >= 11 is 0. The molecule has 25 heavy (non-hydrogen) atoms. The summed E-state index contributed by atoms with van der Waals surface area (Å²) in [5, 5.41) is 3.48. The van der Waals surface area contributed by atoms with Gasteiger partial charge in [0.25, 0.3) is 0 Å². The third-order valence-electron chi connectivity index (χ3n) is 5.18. The van der Waals surface area contributed by atoms with E-state index in [2.05, 4.69) is 42.0 Å². The molecule has 0 aliphatic carbocycles. The number of aliphatic imine (C=N–C) groups is 1. The zero-order valence-electron chi connectivity index (χ0n) is 15.8. The molecule has 1 aromatic rings. The molecule has 0 radical (unpaired) electrons. The van der Waals surface area contributed by atoms with Crippen molar-refractivity contribution in [2.24, 2.45) is 10.4 Å². The summed E-state index contributed by atoms with van der Waals surface area (Å²) in [5.41, 5.74) is 0.381. The number of hydrogen-bond donors (Lipinski definition) is 1.